The summed E-state index contributed by atoms with van der Waals surface area (Å²) < 4.78 is 11.2. The molecule has 0 heterocycles. The van der Waals surface area contributed by atoms with Crippen LogP contribution in [0.15, 0.2) is 18.2 Å². The smallest absolute Gasteiger partial charge is 0.258 e. The van der Waals surface area contributed by atoms with Gasteiger partial charge in [0.1, 0.15) is 0 Å². The van der Waals surface area contributed by atoms with E-state index in [0.29, 0.717) is 31.2 Å². The number of nitrogens with one attached hydrogen (secondary N) is 2. The van der Waals surface area contributed by atoms with Crippen LogP contribution in [0.2, 0.25) is 0 Å². The van der Waals surface area contributed by atoms with E-state index in [9.17, 15) is 9.90 Å². The molecule has 1 amide bonds. The lowest BCUT2D eigenvalue weighted by Crippen LogP contribution is -2.43. The second kappa shape index (κ2) is 11.2. The normalized spacial score (nSPS) is 12.1. The summed E-state index contributed by atoms with van der Waals surface area (Å²) in [6.45, 7) is 11.0. The molecule has 3 N–H and O–H groups in total. The van der Waals surface area contributed by atoms with Crippen molar-refractivity contribution in [3.8, 4) is 11.5 Å². The van der Waals surface area contributed by atoms with Crippen molar-refractivity contribution in [2.75, 3.05) is 19.8 Å². The number of aliphatic hydroxyl groups excluding tert-OH is 1. The first kappa shape index (κ1) is 23.5. The van der Waals surface area contributed by atoms with Gasteiger partial charge >= 0.3 is 0 Å². The summed E-state index contributed by atoms with van der Waals surface area (Å²) in [5.41, 5.74) is 0.730. The molecule has 1 aromatic carbocycles. The number of ether oxygens (including phenoxy) is 2. The van der Waals surface area contributed by atoms with Crippen LogP contribution in [0.4, 0.5) is 0 Å². The number of halogens is 1. The average molecular weight is 375 g/mol. The maximum absolute atomic E-state index is 11.9. The molecule has 6 nitrogen and oxygen atoms in total. The first-order valence-corrected chi connectivity index (χ1v) is 8.29. The lowest BCUT2D eigenvalue weighted by Gasteiger charge is -2.21. The van der Waals surface area contributed by atoms with Crippen LogP contribution in [0.5, 0.6) is 11.5 Å². The number of aliphatic hydroxyl groups is 1. The summed E-state index contributed by atoms with van der Waals surface area (Å²) in [5, 5.41) is 15.3. The molecule has 0 saturated heterocycles. The summed E-state index contributed by atoms with van der Waals surface area (Å²) in [5.74, 6) is 0.977. The molecule has 0 aliphatic heterocycles. The Kier molecular flexibility index (Phi) is 10.5. The molecule has 1 atom stereocenters. The molecule has 0 spiro atoms. The topological polar surface area (TPSA) is 79.8 Å². The summed E-state index contributed by atoms with van der Waals surface area (Å²) in [6.07, 6.45) is -0.389. The Morgan fingerprint density at radius 3 is 2.48 bits per heavy atom. The van der Waals surface area contributed by atoms with Crippen LogP contribution >= 0.6 is 12.4 Å². The van der Waals surface area contributed by atoms with Crippen LogP contribution in [0.25, 0.3) is 0 Å². The molecular formula is C18H31ClN2O4. The summed E-state index contributed by atoms with van der Waals surface area (Å²) in [6, 6.07) is 5.60. The first-order valence-electron chi connectivity index (χ1n) is 8.29. The van der Waals surface area contributed by atoms with Crippen molar-refractivity contribution in [2.24, 2.45) is 0 Å². The summed E-state index contributed by atoms with van der Waals surface area (Å²) in [7, 11) is 0. The Morgan fingerprint density at radius 2 is 1.92 bits per heavy atom. The quantitative estimate of drug-likeness (QED) is 0.618. The monoisotopic (exact) mass is 374 g/mol. The van der Waals surface area contributed by atoms with Gasteiger partial charge in [-0.1, -0.05) is 6.07 Å². The van der Waals surface area contributed by atoms with Gasteiger partial charge in [-0.15, -0.1) is 12.4 Å². The number of hydrogen-bond acceptors (Lipinski definition) is 5. The summed E-state index contributed by atoms with van der Waals surface area (Å²) in [4.78, 5) is 11.9. The molecule has 0 saturated carbocycles. The molecule has 1 rings (SSSR count). The third kappa shape index (κ3) is 10.2. The molecule has 0 aromatic heterocycles. The van der Waals surface area contributed by atoms with Gasteiger partial charge in [-0.05, 0) is 52.3 Å². The van der Waals surface area contributed by atoms with Gasteiger partial charge in [0, 0.05) is 18.6 Å². The molecular weight excluding hydrogens is 344 g/mol. The molecule has 1 unspecified atom stereocenters. The highest BCUT2D eigenvalue weighted by Gasteiger charge is 2.15. The molecule has 7 heteroatoms. The van der Waals surface area contributed by atoms with E-state index < -0.39 is 0 Å². The molecule has 0 fully saturated rings. The lowest BCUT2D eigenvalue weighted by molar-refractivity contribution is -0.124. The van der Waals surface area contributed by atoms with E-state index in [-0.39, 0.29) is 36.6 Å². The van der Waals surface area contributed by atoms with E-state index in [1.807, 2.05) is 39.8 Å². The third-order valence-electron chi connectivity index (χ3n) is 2.95. The fourth-order valence-electron chi connectivity index (χ4n) is 2.07. The lowest BCUT2D eigenvalue weighted by atomic mass is 10.1. The van der Waals surface area contributed by atoms with Crippen molar-refractivity contribution in [3.05, 3.63) is 23.8 Å². The van der Waals surface area contributed by atoms with Crippen LogP contribution < -0.4 is 20.1 Å². The zero-order chi connectivity index (χ0) is 18.2. The van der Waals surface area contributed by atoms with E-state index in [1.54, 1.807) is 13.0 Å². The van der Waals surface area contributed by atoms with E-state index in [2.05, 4.69) is 10.6 Å². The Balaban J connectivity index is 0.00000576. The van der Waals surface area contributed by atoms with Gasteiger partial charge in [0.2, 0.25) is 0 Å². The van der Waals surface area contributed by atoms with Gasteiger partial charge < -0.3 is 25.2 Å². The zero-order valence-corrected chi connectivity index (χ0v) is 16.5. The first-order chi connectivity index (χ1) is 11.2. The standard InChI is InChI=1S/C18H30N2O4.ClH/c1-6-23-16-9-14(11-19-10-13(2)21)7-8-15(16)24-12-17(22)20-18(3,4)5;/h7-9,13,19,21H,6,10-12H2,1-5H3,(H,20,22);1H. The van der Waals surface area contributed by atoms with Crippen molar-refractivity contribution in [1.29, 1.82) is 0 Å². The van der Waals surface area contributed by atoms with E-state index >= 15 is 0 Å². The minimum Gasteiger partial charge on any atom is -0.490 e. The maximum atomic E-state index is 11.9. The number of benzene rings is 1. The van der Waals surface area contributed by atoms with Crippen LogP contribution in [0.3, 0.4) is 0 Å². The SMILES string of the molecule is CCOc1cc(CNCC(C)O)ccc1OCC(=O)NC(C)(C)C.Cl. The van der Waals surface area contributed by atoms with Gasteiger partial charge in [0.05, 0.1) is 12.7 Å². The number of amides is 1. The Hall–Kier alpha value is -1.50. The number of carbonyl (C=O) groups is 1. The average Bonchev–Trinajstić information content (AvgIpc) is 2.44. The number of rotatable bonds is 9. The van der Waals surface area contributed by atoms with Crippen LogP contribution in [-0.2, 0) is 11.3 Å². The van der Waals surface area contributed by atoms with Gasteiger partial charge in [0.15, 0.2) is 18.1 Å². The second-order valence-corrected chi connectivity index (χ2v) is 6.78. The van der Waals surface area contributed by atoms with Crippen molar-refractivity contribution in [1.82, 2.24) is 10.6 Å². The predicted molar refractivity (Wildman–Crippen MR) is 102 cm³/mol. The molecule has 0 aliphatic rings. The molecule has 1 aromatic rings. The van der Waals surface area contributed by atoms with Crippen LogP contribution in [-0.4, -0.2) is 42.4 Å². The minimum atomic E-state index is -0.389. The molecule has 0 aliphatic carbocycles. The van der Waals surface area contributed by atoms with Gasteiger partial charge in [0.25, 0.3) is 5.91 Å². The van der Waals surface area contributed by atoms with E-state index in [0.717, 1.165) is 5.56 Å². The van der Waals surface area contributed by atoms with Crippen LogP contribution in [0.1, 0.15) is 40.2 Å². The Morgan fingerprint density at radius 1 is 1.24 bits per heavy atom. The Bertz CT molecular complexity index is 530. The van der Waals surface area contributed by atoms with Crippen molar-refractivity contribution in [2.45, 2.75) is 52.8 Å². The van der Waals surface area contributed by atoms with E-state index in [4.69, 9.17) is 9.47 Å². The molecule has 0 radical (unpaired) electrons. The molecule has 0 bridgehead atoms. The predicted octanol–water partition coefficient (Wildman–Crippen LogP) is 2.27. The fourth-order valence-corrected chi connectivity index (χ4v) is 2.07. The zero-order valence-electron chi connectivity index (χ0n) is 15.7. The maximum Gasteiger partial charge on any atom is 0.258 e. The number of carbonyl (C=O) groups excluding carboxylic acids is 1. The van der Waals surface area contributed by atoms with Crippen molar-refractivity contribution >= 4 is 18.3 Å². The fraction of sp³-hybridized carbons (Fsp3) is 0.611. The highest BCUT2D eigenvalue weighted by Crippen LogP contribution is 2.28. The highest BCUT2D eigenvalue weighted by molar-refractivity contribution is 5.85. The van der Waals surface area contributed by atoms with Crippen molar-refractivity contribution in [3.63, 3.8) is 0 Å². The van der Waals surface area contributed by atoms with Gasteiger partial charge in [-0.2, -0.15) is 0 Å². The minimum absolute atomic E-state index is 0. The number of hydrogen-bond donors (Lipinski definition) is 3. The molecule has 25 heavy (non-hydrogen) atoms. The summed E-state index contributed by atoms with van der Waals surface area (Å²) >= 11 is 0. The van der Waals surface area contributed by atoms with Gasteiger partial charge in [-0.25, -0.2) is 0 Å². The van der Waals surface area contributed by atoms with Gasteiger partial charge in [-0.3, -0.25) is 4.79 Å². The third-order valence-corrected chi connectivity index (χ3v) is 2.95. The molecule has 144 valence electrons. The van der Waals surface area contributed by atoms with Crippen molar-refractivity contribution < 1.29 is 19.4 Å². The second-order valence-electron chi connectivity index (χ2n) is 6.78. The highest BCUT2D eigenvalue weighted by atomic mass is 35.5. The van der Waals surface area contributed by atoms with Crippen LogP contribution in [0, 0.1) is 0 Å². The van der Waals surface area contributed by atoms with E-state index in [1.165, 1.54) is 0 Å². The Labute approximate surface area is 156 Å². The largest absolute Gasteiger partial charge is 0.490 e.